The number of rotatable bonds is 3. The van der Waals surface area contributed by atoms with Gasteiger partial charge in [-0.25, -0.2) is 13.6 Å². The molecule has 0 aliphatic carbocycles. The number of hydrogen-bond donors (Lipinski definition) is 0. The summed E-state index contributed by atoms with van der Waals surface area (Å²) in [5, 5.41) is 0.394. The fraction of sp³-hybridized carbons (Fsp3) is 0.250. The van der Waals surface area contributed by atoms with Gasteiger partial charge >= 0.3 is 5.97 Å². The summed E-state index contributed by atoms with van der Waals surface area (Å²) in [5.41, 5.74) is -1.31. The fourth-order valence-electron chi connectivity index (χ4n) is 3.60. The average Bonchev–Trinajstić information content (AvgIpc) is 2.93. The van der Waals surface area contributed by atoms with Gasteiger partial charge in [0.25, 0.3) is 11.8 Å². The first kappa shape index (κ1) is 18.2. The molecule has 2 aliphatic rings. The van der Waals surface area contributed by atoms with Gasteiger partial charge in [-0.15, -0.1) is 0 Å². The Labute approximate surface area is 158 Å². The lowest BCUT2D eigenvalue weighted by atomic mass is 9.74. The summed E-state index contributed by atoms with van der Waals surface area (Å²) in [6.07, 6.45) is 0.134. The van der Waals surface area contributed by atoms with Crippen LogP contribution in [0, 0.1) is 11.6 Å². The monoisotopic (exact) mass is 387 g/mol. The number of hydroxylamine groups is 2. The predicted octanol–water partition coefficient (Wildman–Crippen LogP) is 2.77. The zero-order valence-corrected chi connectivity index (χ0v) is 14.6. The van der Waals surface area contributed by atoms with Crippen LogP contribution in [-0.2, 0) is 19.8 Å². The molecule has 8 heteroatoms. The molecule has 1 saturated heterocycles. The van der Waals surface area contributed by atoms with Gasteiger partial charge in [-0.3, -0.25) is 9.59 Å². The zero-order valence-electron chi connectivity index (χ0n) is 14.6. The Hall–Kier alpha value is -3.13. The number of carbonyl (C=O) groups is 3. The Bertz CT molecular complexity index is 949. The standard InChI is InChI=1S/C20H15F2NO5/c21-12-5-6-15(16(22)11-12)20(7-9-27-10-8-20)19(26)28-23-17(24)13-3-1-2-4-14(13)18(23)25/h1-6,11H,7-10H2. The maximum Gasteiger partial charge on any atom is 0.343 e. The number of amides is 2. The molecule has 28 heavy (non-hydrogen) atoms. The molecule has 0 atom stereocenters. The summed E-state index contributed by atoms with van der Waals surface area (Å²) in [6.45, 7) is 0.294. The minimum absolute atomic E-state index is 0.0567. The van der Waals surface area contributed by atoms with Crippen LogP contribution in [0.5, 0.6) is 0 Å². The largest absolute Gasteiger partial charge is 0.381 e. The molecule has 0 bridgehead atoms. The molecule has 2 aliphatic heterocycles. The summed E-state index contributed by atoms with van der Waals surface area (Å²) in [6, 6.07) is 8.99. The number of nitrogens with zero attached hydrogens (tertiary/aromatic N) is 1. The molecule has 2 amide bonds. The summed E-state index contributed by atoms with van der Waals surface area (Å²) in [7, 11) is 0. The second-order valence-corrected chi connectivity index (χ2v) is 6.65. The maximum absolute atomic E-state index is 14.5. The van der Waals surface area contributed by atoms with E-state index in [0.717, 1.165) is 6.07 Å². The number of benzene rings is 2. The summed E-state index contributed by atoms with van der Waals surface area (Å²) in [4.78, 5) is 43.2. The average molecular weight is 387 g/mol. The Morgan fingerprint density at radius 3 is 2.18 bits per heavy atom. The molecule has 0 unspecified atom stereocenters. The number of halogens is 2. The normalized spacial score (nSPS) is 18.1. The van der Waals surface area contributed by atoms with Crippen molar-refractivity contribution < 1.29 is 32.7 Å². The molecule has 4 rings (SSSR count). The Balaban J connectivity index is 1.68. The molecule has 0 N–H and O–H groups in total. The number of carbonyl (C=O) groups excluding carboxylic acids is 3. The summed E-state index contributed by atoms with van der Waals surface area (Å²) in [5.74, 6) is -4.18. The molecule has 0 aromatic heterocycles. The fourth-order valence-corrected chi connectivity index (χ4v) is 3.60. The first-order valence-electron chi connectivity index (χ1n) is 8.67. The molecular formula is C20H15F2NO5. The molecule has 0 saturated carbocycles. The van der Waals surface area contributed by atoms with Crippen molar-refractivity contribution in [2.45, 2.75) is 18.3 Å². The minimum Gasteiger partial charge on any atom is -0.381 e. The van der Waals surface area contributed by atoms with E-state index in [1.54, 1.807) is 12.1 Å². The maximum atomic E-state index is 14.5. The van der Waals surface area contributed by atoms with Crippen molar-refractivity contribution >= 4 is 17.8 Å². The Kier molecular flexibility index (Phi) is 4.43. The molecule has 6 nitrogen and oxygen atoms in total. The Morgan fingerprint density at radius 2 is 1.61 bits per heavy atom. The highest BCUT2D eigenvalue weighted by Gasteiger charge is 2.48. The van der Waals surface area contributed by atoms with Gasteiger partial charge in [0, 0.05) is 24.8 Å². The molecule has 0 radical (unpaired) electrons. The van der Waals surface area contributed by atoms with Gasteiger partial charge < -0.3 is 9.57 Å². The topological polar surface area (TPSA) is 72.9 Å². The second-order valence-electron chi connectivity index (χ2n) is 6.65. The summed E-state index contributed by atoms with van der Waals surface area (Å²) < 4.78 is 33.1. The van der Waals surface area contributed by atoms with E-state index in [4.69, 9.17) is 9.57 Å². The van der Waals surface area contributed by atoms with Crippen molar-refractivity contribution in [2.75, 3.05) is 13.2 Å². The third-order valence-corrected chi connectivity index (χ3v) is 5.11. The third kappa shape index (κ3) is 2.77. The Morgan fingerprint density at radius 1 is 1.00 bits per heavy atom. The highest BCUT2D eigenvalue weighted by molar-refractivity contribution is 6.21. The van der Waals surface area contributed by atoms with Crippen molar-refractivity contribution in [3.8, 4) is 0 Å². The van der Waals surface area contributed by atoms with Crippen LogP contribution in [-0.4, -0.2) is 36.1 Å². The number of imide groups is 1. The van der Waals surface area contributed by atoms with Crippen LogP contribution in [0.1, 0.15) is 39.1 Å². The molecule has 2 aromatic carbocycles. The lowest BCUT2D eigenvalue weighted by Gasteiger charge is -2.35. The smallest absolute Gasteiger partial charge is 0.343 e. The van der Waals surface area contributed by atoms with E-state index in [0.29, 0.717) is 11.1 Å². The van der Waals surface area contributed by atoms with Gasteiger partial charge in [-0.05, 0) is 31.0 Å². The van der Waals surface area contributed by atoms with Crippen LogP contribution in [0.25, 0.3) is 0 Å². The lowest BCUT2D eigenvalue weighted by Crippen LogP contribution is -2.47. The van der Waals surface area contributed by atoms with Crippen LogP contribution < -0.4 is 0 Å². The van der Waals surface area contributed by atoms with Gasteiger partial charge in [-0.2, -0.15) is 0 Å². The highest BCUT2D eigenvalue weighted by atomic mass is 19.1. The predicted molar refractivity (Wildman–Crippen MR) is 91.1 cm³/mol. The van der Waals surface area contributed by atoms with E-state index < -0.39 is 34.8 Å². The second kappa shape index (κ2) is 6.79. The van der Waals surface area contributed by atoms with E-state index in [-0.39, 0.29) is 42.7 Å². The van der Waals surface area contributed by atoms with E-state index >= 15 is 0 Å². The molecule has 1 fully saturated rings. The quantitative estimate of drug-likeness (QED) is 0.758. The number of ether oxygens (including phenoxy) is 1. The highest BCUT2D eigenvalue weighted by Crippen LogP contribution is 2.38. The van der Waals surface area contributed by atoms with E-state index in [1.165, 1.54) is 18.2 Å². The van der Waals surface area contributed by atoms with Gasteiger partial charge in [0.2, 0.25) is 0 Å². The zero-order chi connectivity index (χ0) is 19.9. The minimum atomic E-state index is -1.49. The van der Waals surface area contributed by atoms with Gasteiger partial charge in [0.1, 0.15) is 17.0 Å². The van der Waals surface area contributed by atoms with Gasteiger partial charge in [-0.1, -0.05) is 23.3 Å². The third-order valence-electron chi connectivity index (χ3n) is 5.11. The van der Waals surface area contributed by atoms with Crippen LogP contribution in [0.15, 0.2) is 42.5 Å². The first-order chi connectivity index (χ1) is 13.4. The molecule has 0 spiro atoms. The van der Waals surface area contributed by atoms with Crippen molar-refractivity contribution in [3.05, 3.63) is 70.8 Å². The molecule has 2 aromatic rings. The van der Waals surface area contributed by atoms with Crippen molar-refractivity contribution in [1.82, 2.24) is 5.06 Å². The van der Waals surface area contributed by atoms with Crippen LogP contribution in [0.2, 0.25) is 0 Å². The van der Waals surface area contributed by atoms with E-state index in [1.807, 2.05) is 0 Å². The first-order valence-corrected chi connectivity index (χ1v) is 8.67. The van der Waals surface area contributed by atoms with Crippen LogP contribution in [0.3, 0.4) is 0 Å². The van der Waals surface area contributed by atoms with Crippen LogP contribution >= 0.6 is 0 Å². The van der Waals surface area contributed by atoms with Crippen LogP contribution in [0.4, 0.5) is 8.78 Å². The lowest BCUT2D eigenvalue weighted by molar-refractivity contribution is -0.179. The molecular weight excluding hydrogens is 372 g/mol. The SMILES string of the molecule is O=C1c2ccccc2C(=O)N1OC(=O)C1(c2ccc(F)cc2F)CCOCC1. The van der Waals surface area contributed by atoms with Gasteiger partial charge in [0.15, 0.2) is 0 Å². The molecule has 144 valence electrons. The summed E-state index contributed by atoms with van der Waals surface area (Å²) >= 11 is 0. The number of hydrogen-bond acceptors (Lipinski definition) is 5. The number of fused-ring (bicyclic) bond motifs is 1. The molecule has 2 heterocycles. The van der Waals surface area contributed by atoms with Crippen molar-refractivity contribution in [3.63, 3.8) is 0 Å². The van der Waals surface area contributed by atoms with Gasteiger partial charge in [0.05, 0.1) is 11.1 Å². The van der Waals surface area contributed by atoms with Crippen molar-refractivity contribution in [1.29, 1.82) is 0 Å². The van der Waals surface area contributed by atoms with E-state index in [9.17, 15) is 23.2 Å². The van der Waals surface area contributed by atoms with Crippen molar-refractivity contribution in [2.24, 2.45) is 0 Å². The van der Waals surface area contributed by atoms with E-state index in [2.05, 4.69) is 0 Å².